The number of hydrogen-bond donors (Lipinski definition) is 0. The molecule has 0 spiro atoms. The van der Waals surface area contributed by atoms with Crippen molar-refractivity contribution < 1.29 is 9.13 Å². The van der Waals surface area contributed by atoms with Crippen LogP contribution in [0.1, 0.15) is 61.9 Å². The molecule has 37 heavy (non-hydrogen) atoms. The van der Waals surface area contributed by atoms with E-state index in [1.54, 1.807) is 13.8 Å². The highest BCUT2D eigenvalue weighted by atomic mass is 19.1. The van der Waals surface area contributed by atoms with E-state index in [-0.39, 0.29) is 0 Å². The third-order valence-corrected chi connectivity index (χ3v) is 6.77. The molecule has 2 heteroatoms. The minimum atomic E-state index is -1.40. The predicted molar refractivity (Wildman–Crippen MR) is 156 cm³/mol. The average molecular weight is 493 g/mol. The zero-order valence-electron chi connectivity index (χ0n) is 22.4. The van der Waals surface area contributed by atoms with Crippen LogP contribution in [0, 0.1) is 0 Å². The van der Waals surface area contributed by atoms with Gasteiger partial charge in [0.05, 0.1) is 0 Å². The average Bonchev–Trinajstić information content (AvgIpc) is 2.90. The van der Waals surface area contributed by atoms with E-state index in [1.165, 1.54) is 21.9 Å². The lowest BCUT2D eigenvalue weighted by atomic mass is 9.85. The molecule has 0 atom stereocenters. The van der Waals surface area contributed by atoms with Crippen LogP contribution >= 0.6 is 0 Å². The Morgan fingerprint density at radius 3 is 2.35 bits per heavy atom. The molecule has 4 rings (SSSR count). The van der Waals surface area contributed by atoms with Gasteiger partial charge in [0, 0.05) is 0 Å². The number of allylic oxidation sites excluding steroid dienone is 4. The Kier molecular flexibility index (Phi) is 8.61. The van der Waals surface area contributed by atoms with Crippen LogP contribution in [-0.4, -0.2) is 0 Å². The van der Waals surface area contributed by atoms with Crippen LogP contribution in [0.15, 0.2) is 103 Å². The summed E-state index contributed by atoms with van der Waals surface area (Å²) in [5, 5.41) is 2.47. The Labute approximate surface area is 221 Å². The fourth-order valence-electron chi connectivity index (χ4n) is 4.92. The molecule has 4 aromatic carbocycles. The fraction of sp³-hybridized carbons (Fsp3) is 0.257. The quantitative estimate of drug-likeness (QED) is 0.200. The van der Waals surface area contributed by atoms with Gasteiger partial charge in [-0.3, -0.25) is 0 Å². The second kappa shape index (κ2) is 12.1. The highest BCUT2D eigenvalue weighted by Crippen LogP contribution is 2.35. The molecule has 0 bridgehead atoms. The summed E-state index contributed by atoms with van der Waals surface area (Å²) in [6.07, 6.45) is 8.96. The molecule has 0 unspecified atom stereocenters. The molecular weight excluding hydrogens is 455 g/mol. The van der Waals surface area contributed by atoms with Crippen LogP contribution in [0.4, 0.5) is 4.39 Å². The molecule has 0 aliphatic heterocycles. The highest BCUT2D eigenvalue weighted by molar-refractivity contribution is 5.83. The summed E-state index contributed by atoms with van der Waals surface area (Å²) >= 11 is 0. The van der Waals surface area contributed by atoms with E-state index in [0.717, 1.165) is 47.3 Å². The van der Waals surface area contributed by atoms with E-state index in [2.05, 4.69) is 78.9 Å². The van der Waals surface area contributed by atoms with Crippen LogP contribution in [0.5, 0.6) is 5.75 Å². The first kappa shape index (κ1) is 26.4. The number of fused-ring (bicyclic) bond motifs is 1. The van der Waals surface area contributed by atoms with Crippen molar-refractivity contribution in [3.05, 3.63) is 131 Å². The maximum Gasteiger partial charge on any atom is 0.131 e. The molecule has 0 aliphatic rings. The van der Waals surface area contributed by atoms with Crippen molar-refractivity contribution in [1.82, 2.24) is 0 Å². The third-order valence-electron chi connectivity index (χ3n) is 6.77. The van der Waals surface area contributed by atoms with Crippen LogP contribution in [-0.2, 0) is 25.1 Å². The summed E-state index contributed by atoms with van der Waals surface area (Å²) in [4.78, 5) is 0. The van der Waals surface area contributed by atoms with Crippen LogP contribution < -0.4 is 4.74 Å². The molecule has 190 valence electrons. The van der Waals surface area contributed by atoms with Crippen molar-refractivity contribution >= 4 is 16.3 Å². The van der Waals surface area contributed by atoms with E-state index < -0.39 is 5.67 Å². The molecule has 0 aliphatic carbocycles. The van der Waals surface area contributed by atoms with Gasteiger partial charge in [-0.25, -0.2) is 4.39 Å². The Morgan fingerprint density at radius 2 is 1.59 bits per heavy atom. The van der Waals surface area contributed by atoms with Gasteiger partial charge in [-0.15, -0.1) is 0 Å². The molecule has 0 fully saturated rings. The molecule has 4 aromatic rings. The zero-order valence-corrected chi connectivity index (χ0v) is 22.4. The molecule has 0 heterocycles. The van der Waals surface area contributed by atoms with Gasteiger partial charge >= 0.3 is 0 Å². The van der Waals surface area contributed by atoms with Gasteiger partial charge in [-0.2, -0.15) is 0 Å². The van der Waals surface area contributed by atoms with Crippen LogP contribution in [0.3, 0.4) is 0 Å². The first-order valence-corrected chi connectivity index (χ1v) is 13.2. The minimum Gasteiger partial charge on any atom is -0.489 e. The molecule has 0 aromatic heterocycles. The largest absolute Gasteiger partial charge is 0.489 e. The number of aryl methyl sites for hydroxylation is 2. The van der Waals surface area contributed by atoms with Crippen molar-refractivity contribution in [3.63, 3.8) is 0 Å². The van der Waals surface area contributed by atoms with E-state index in [1.807, 2.05) is 38.1 Å². The van der Waals surface area contributed by atoms with E-state index in [0.29, 0.717) is 6.61 Å². The second-order valence-electron chi connectivity index (χ2n) is 10.0. The maximum absolute atomic E-state index is 15.1. The topological polar surface area (TPSA) is 9.23 Å². The van der Waals surface area contributed by atoms with Crippen LogP contribution in [0.2, 0.25) is 0 Å². The van der Waals surface area contributed by atoms with E-state index >= 15 is 4.39 Å². The summed E-state index contributed by atoms with van der Waals surface area (Å²) in [5.74, 6) is 0.886. The highest BCUT2D eigenvalue weighted by Gasteiger charge is 2.24. The molecule has 0 saturated carbocycles. The van der Waals surface area contributed by atoms with E-state index in [4.69, 9.17) is 4.74 Å². The van der Waals surface area contributed by atoms with E-state index in [9.17, 15) is 0 Å². The van der Waals surface area contributed by atoms with Gasteiger partial charge in [0.1, 0.15) is 18.0 Å². The van der Waals surface area contributed by atoms with Gasteiger partial charge in [-0.1, -0.05) is 85.0 Å². The number of alkyl halides is 1. The summed E-state index contributed by atoms with van der Waals surface area (Å²) in [7, 11) is 0. The molecular formula is C35H37FO. The van der Waals surface area contributed by atoms with Gasteiger partial charge in [0.25, 0.3) is 0 Å². The fourth-order valence-corrected chi connectivity index (χ4v) is 4.92. The summed E-state index contributed by atoms with van der Waals surface area (Å²) in [6, 6.07) is 29.3. The Balaban J connectivity index is 1.43. The first-order valence-electron chi connectivity index (χ1n) is 13.2. The number of benzene rings is 4. The lowest BCUT2D eigenvalue weighted by molar-refractivity contribution is 0.221. The summed E-state index contributed by atoms with van der Waals surface area (Å²) < 4.78 is 21.3. The SMILES string of the molecule is CC=C/C(=C/C)c1c(CCCc2cccc(OCc3ccc4ccccc4c3)c2)cccc1C(C)(C)F. The van der Waals surface area contributed by atoms with Gasteiger partial charge in [-0.05, 0) is 109 Å². The Hall–Kier alpha value is -3.65. The smallest absolute Gasteiger partial charge is 0.131 e. The molecule has 1 nitrogen and oxygen atoms in total. The second-order valence-corrected chi connectivity index (χ2v) is 10.0. The predicted octanol–water partition coefficient (Wildman–Crippen LogP) is 9.78. The zero-order chi connectivity index (χ0) is 26.3. The lowest BCUT2D eigenvalue weighted by Gasteiger charge is -2.23. The van der Waals surface area contributed by atoms with Gasteiger partial charge in [0.2, 0.25) is 0 Å². The molecule has 0 amide bonds. The van der Waals surface area contributed by atoms with Crippen molar-refractivity contribution in [3.8, 4) is 5.75 Å². The maximum atomic E-state index is 15.1. The normalized spacial score (nSPS) is 12.4. The molecule has 0 saturated heterocycles. The lowest BCUT2D eigenvalue weighted by Crippen LogP contribution is -2.14. The first-order chi connectivity index (χ1) is 17.9. The van der Waals surface area contributed by atoms with Crippen LogP contribution in [0.25, 0.3) is 16.3 Å². The number of hydrogen-bond acceptors (Lipinski definition) is 1. The summed E-state index contributed by atoms with van der Waals surface area (Å²) in [5.41, 5.74) is 5.05. The van der Waals surface area contributed by atoms with Crippen molar-refractivity contribution in [2.45, 2.75) is 59.2 Å². The van der Waals surface area contributed by atoms with Crippen molar-refractivity contribution in [2.75, 3.05) is 0 Å². The molecule has 0 radical (unpaired) electrons. The van der Waals surface area contributed by atoms with Crippen molar-refractivity contribution in [2.24, 2.45) is 0 Å². The monoisotopic (exact) mass is 492 g/mol. The summed E-state index contributed by atoms with van der Waals surface area (Å²) in [6.45, 7) is 7.84. The van der Waals surface area contributed by atoms with Gasteiger partial charge in [0.15, 0.2) is 0 Å². The number of rotatable bonds is 10. The number of ether oxygens (including phenoxy) is 1. The Bertz CT molecular complexity index is 1400. The minimum absolute atomic E-state index is 0.542. The Morgan fingerprint density at radius 1 is 0.811 bits per heavy atom. The third kappa shape index (κ3) is 6.77. The standard InChI is InChI=1S/C35H37FO/c1-5-12-28(6-2)34-30(18-11-20-33(34)35(3,4)36)17-9-13-26-14-10-19-32(24-26)37-25-27-21-22-29-15-7-8-16-31(29)23-27/h5-8,10-12,14-16,18-24H,9,13,17,25H2,1-4H3/b12-5?,28-6-. The molecule has 0 N–H and O–H groups in total. The number of halogens is 1. The van der Waals surface area contributed by atoms with Crippen molar-refractivity contribution in [1.29, 1.82) is 0 Å². The van der Waals surface area contributed by atoms with Gasteiger partial charge < -0.3 is 4.74 Å².